The summed E-state index contributed by atoms with van der Waals surface area (Å²) in [5, 5.41) is 38.5. The van der Waals surface area contributed by atoms with Gasteiger partial charge in [-0.2, -0.15) is 5.10 Å². The number of aliphatic imine (C=N–C) groups is 1. The second-order valence-electron chi connectivity index (χ2n) is 17.4. The quantitative estimate of drug-likeness (QED) is 0.128. The number of phenols is 2. The van der Waals surface area contributed by atoms with Gasteiger partial charge in [-0.15, -0.1) is 21.5 Å². The number of H-pyrrole nitrogens is 1. The molecule has 0 spiro atoms. The maximum absolute atomic E-state index is 14.1. The summed E-state index contributed by atoms with van der Waals surface area (Å²) in [4.78, 5) is 40.5. The lowest BCUT2D eigenvalue weighted by Gasteiger charge is -2.39. The van der Waals surface area contributed by atoms with Crippen LogP contribution in [0.3, 0.4) is 0 Å². The zero-order valence-corrected chi connectivity index (χ0v) is 37.9. The van der Waals surface area contributed by atoms with Crippen molar-refractivity contribution in [2.45, 2.75) is 72.4 Å². The number of nitrogens with zero attached hydrogens (tertiary/aromatic N) is 9. The largest absolute Gasteiger partial charge is 0.508 e. The molecule has 0 bridgehead atoms. The number of aromatic amines is 1. The van der Waals surface area contributed by atoms with Crippen molar-refractivity contribution < 1.29 is 15.0 Å². The lowest BCUT2D eigenvalue weighted by atomic mass is 9.95. The number of fused-ring (bicyclic) bond motifs is 3. The van der Waals surface area contributed by atoms with Gasteiger partial charge in [0.25, 0.3) is 0 Å². The molecule has 6 aromatic rings. The van der Waals surface area contributed by atoms with Gasteiger partial charge < -0.3 is 20.0 Å². The smallest absolute Gasteiger partial charge is 0.348 e. The molecule has 14 nitrogen and oxygen atoms in total. The molecule has 3 aliphatic heterocycles. The minimum absolute atomic E-state index is 0.00341. The average Bonchev–Trinajstić information content (AvgIpc) is 3.91. The molecular formula is C47H53ClN10O4S. The highest BCUT2D eigenvalue weighted by atomic mass is 35.5. The van der Waals surface area contributed by atoms with E-state index in [-0.39, 0.29) is 35.6 Å². The van der Waals surface area contributed by atoms with Gasteiger partial charge in [0.2, 0.25) is 5.91 Å². The van der Waals surface area contributed by atoms with Crippen LogP contribution in [0.5, 0.6) is 11.5 Å². The number of piperazine rings is 1. The third-order valence-corrected chi connectivity index (χ3v) is 14.4. The highest BCUT2D eigenvalue weighted by Crippen LogP contribution is 2.41. The van der Waals surface area contributed by atoms with Crippen molar-refractivity contribution in [2.75, 3.05) is 45.8 Å². The summed E-state index contributed by atoms with van der Waals surface area (Å²) < 4.78 is 3.54. The molecule has 0 radical (unpaired) electrons. The number of aromatic nitrogens is 6. The minimum atomic E-state index is -0.477. The van der Waals surface area contributed by atoms with E-state index in [9.17, 15) is 19.8 Å². The van der Waals surface area contributed by atoms with E-state index in [4.69, 9.17) is 16.6 Å². The molecule has 1 atom stereocenters. The van der Waals surface area contributed by atoms with Crippen LogP contribution in [-0.2, 0) is 11.3 Å². The lowest BCUT2D eigenvalue weighted by Crippen LogP contribution is -2.48. The van der Waals surface area contributed by atoms with Crippen molar-refractivity contribution in [1.82, 2.24) is 44.2 Å². The number of hydrogen-bond donors (Lipinski definition) is 3. The van der Waals surface area contributed by atoms with Gasteiger partial charge in [0, 0.05) is 79.5 Å². The Morgan fingerprint density at radius 2 is 1.59 bits per heavy atom. The molecule has 2 saturated heterocycles. The molecule has 3 aromatic carbocycles. The van der Waals surface area contributed by atoms with Crippen molar-refractivity contribution in [3.05, 3.63) is 121 Å². The number of carbonyl (C=O) groups excluding carboxylic acids is 1. The van der Waals surface area contributed by atoms with Gasteiger partial charge in [-0.05, 0) is 92.5 Å². The van der Waals surface area contributed by atoms with Gasteiger partial charge in [-0.1, -0.05) is 49.7 Å². The molecule has 3 aromatic heterocycles. The highest BCUT2D eigenvalue weighted by molar-refractivity contribution is 7.15. The molecule has 63 heavy (non-hydrogen) atoms. The number of likely N-dealkylation sites (tertiary alicyclic amines) is 1. The van der Waals surface area contributed by atoms with Gasteiger partial charge in [0.05, 0.1) is 23.4 Å². The maximum Gasteiger partial charge on any atom is 0.348 e. The van der Waals surface area contributed by atoms with E-state index in [0.29, 0.717) is 33.6 Å². The average molecular weight is 890 g/mol. The predicted molar refractivity (Wildman–Crippen MR) is 246 cm³/mol. The Labute approximate surface area is 375 Å². The first-order valence-electron chi connectivity index (χ1n) is 21.7. The van der Waals surface area contributed by atoms with E-state index in [1.807, 2.05) is 74.2 Å². The molecule has 0 aliphatic carbocycles. The number of carbonyl (C=O) groups is 1. The van der Waals surface area contributed by atoms with Crippen LogP contribution >= 0.6 is 22.9 Å². The predicted octanol–water partition coefficient (Wildman–Crippen LogP) is 7.32. The summed E-state index contributed by atoms with van der Waals surface area (Å²) in [6, 6.07) is 18.1. The number of thiophene rings is 1. The molecule has 9 rings (SSSR count). The zero-order chi connectivity index (χ0) is 44.1. The number of hydrogen-bond acceptors (Lipinski definition) is 11. The Morgan fingerprint density at radius 1 is 0.889 bits per heavy atom. The number of benzene rings is 3. The second kappa shape index (κ2) is 17.5. The molecule has 0 saturated carbocycles. The van der Waals surface area contributed by atoms with Gasteiger partial charge in [-0.25, -0.2) is 14.5 Å². The van der Waals surface area contributed by atoms with Crippen molar-refractivity contribution in [3.8, 4) is 33.6 Å². The normalized spacial score (nSPS) is 17.5. The molecule has 3 aliphatic rings. The number of aryl methyl sites for hydroxylation is 2. The number of piperidine rings is 1. The molecule has 16 heteroatoms. The fraction of sp³-hybridized carbons (Fsp3) is 0.404. The zero-order valence-electron chi connectivity index (χ0n) is 36.3. The third kappa shape index (κ3) is 8.46. The number of nitrogens with one attached hydrogen (secondary N) is 1. The van der Waals surface area contributed by atoms with E-state index in [0.717, 1.165) is 98.4 Å². The van der Waals surface area contributed by atoms with E-state index in [1.54, 1.807) is 17.4 Å². The highest BCUT2D eigenvalue weighted by Gasteiger charge is 2.34. The summed E-state index contributed by atoms with van der Waals surface area (Å²) in [5.74, 6) is 2.25. The molecule has 328 valence electrons. The van der Waals surface area contributed by atoms with Crippen molar-refractivity contribution in [1.29, 1.82) is 0 Å². The Morgan fingerprint density at radius 3 is 2.29 bits per heavy atom. The van der Waals surface area contributed by atoms with Crippen LogP contribution in [0.1, 0.15) is 89.4 Å². The lowest BCUT2D eigenvalue weighted by molar-refractivity contribution is -0.133. The van der Waals surface area contributed by atoms with Crippen molar-refractivity contribution >= 4 is 34.6 Å². The van der Waals surface area contributed by atoms with Crippen LogP contribution in [-0.4, -0.2) is 112 Å². The Hall–Kier alpha value is -5.61. The first-order valence-corrected chi connectivity index (χ1v) is 22.9. The Bertz CT molecular complexity index is 2740. The van der Waals surface area contributed by atoms with Crippen LogP contribution in [0.2, 0.25) is 5.02 Å². The minimum Gasteiger partial charge on any atom is -0.508 e. The molecule has 6 heterocycles. The number of amides is 1. The van der Waals surface area contributed by atoms with Crippen LogP contribution in [0.15, 0.2) is 70.5 Å². The number of halogens is 1. The summed E-state index contributed by atoms with van der Waals surface area (Å²) >= 11 is 8.00. The maximum atomic E-state index is 14.1. The van der Waals surface area contributed by atoms with Gasteiger partial charge in [0.1, 0.15) is 28.4 Å². The van der Waals surface area contributed by atoms with Crippen LogP contribution < -0.4 is 5.69 Å². The van der Waals surface area contributed by atoms with Crippen LogP contribution in [0, 0.1) is 26.7 Å². The van der Waals surface area contributed by atoms with E-state index in [2.05, 4.69) is 48.6 Å². The van der Waals surface area contributed by atoms with E-state index in [1.165, 1.54) is 21.1 Å². The van der Waals surface area contributed by atoms with Gasteiger partial charge in [0.15, 0.2) is 11.6 Å². The molecular weight excluding hydrogens is 836 g/mol. The SMILES string of the molecule is Cc1sc2c(c1C)C(c1ccc(Cl)cc1)=N[C@H](CC(=O)N1CCC(CN3CCN(Cc4ccc(-n5c(-c6cc(C(C)C)c(O)cc6O)n[nH]c5=O)cc4)CC3)CC1)c1nnc(C)n1-2. The van der Waals surface area contributed by atoms with Crippen molar-refractivity contribution in [2.24, 2.45) is 10.9 Å². The number of rotatable bonds is 10. The standard InChI is InChI=1S/C47H53ClN10O4S/c1-27(2)36-22-37(40(60)24-39(36)59)44-51-53-47(62)58(44)35-12-6-31(7-13-35)25-54-18-20-55(21-19-54)26-32-14-16-56(17-15-32)41(61)23-38-45-52-50-30(5)57(45)46-42(28(3)29(4)63-46)43(49-38)33-8-10-34(48)11-9-33/h6-13,22,24,27,32,38,59-60H,14-21,23,25-26H2,1-5H3,(H,53,62)/t38-/m1/s1. The van der Waals surface area contributed by atoms with E-state index >= 15 is 0 Å². The molecule has 1 amide bonds. The van der Waals surface area contributed by atoms with Crippen molar-refractivity contribution in [3.63, 3.8) is 0 Å². The summed E-state index contributed by atoms with van der Waals surface area (Å²) in [6.07, 6.45) is 2.17. The Balaban J connectivity index is 0.789. The van der Waals surface area contributed by atoms with Gasteiger partial charge >= 0.3 is 5.69 Å². The summed E-state index contributed by atoms with van der Waals surface area (Å²) in [5.41, 5.74) is 6.43. The fourth-order valence-electron chi connectivity index (χ4n) is 9.25. The van der Waals surface area contributed by atoms with Crippen LogP contribution in [0.4, 0.5) is 0 Å². The molecule has 2 fully saturated rings. The molecule has 0 unspecified atom stereocenters. The Kier molecular flexibility index (Phi) is 11.9. The topological polar surface area (TPSA) is 161 Å². The first-order chi connectivity index (χ1) is 30.3. The van der Waals surface area contributed by atoms with Crippen LogP contribution in [0.25, 0.3) is 22.1 Å². The number of aromatic hydroxyl groups is 2. The third-order valence-electron chi connectivity index (χ3n) is 13.0. The number of phenolic OH excluding ortho intramolecular Hbond substituents is 2. The molecule has 3 N–H and O–H groups in total. The van der Waals surface area contributed by atoms with Gasteiger partial charge in [-0.3, -0.25) is 19.3 Å². The monoisotopic (exact) mass is 888 g/mol. The summed E-state index contributed by atoms with van der Waals surface area (Å²) in [7, 11) is 0. The fourth-order valence-corrected chi connectivity index (χ4v) is 10.6. The summed E-state index contributed by atoms with van der Waals surface area (Å²) in [6.45, 7) is 17.3. The first kappa shape index (κ1) is 42.7. The van der Waals surface area contributed by atoms with E-state index < -0.39 is 11.7 Å². The second-order valence-corrected chi connectivity index (χ2v) is 19.1.